The van der Waals surface area contributed by atoms with Crippen molar-refractivity contribution in [3.63, 3.8) is 0 Å². The third-order valence-corrected chi connectivity index (χ3v) is 4.42. The van der Waals surface area contributed by atoms with Gasteiger partial charge in [-0.05, 0) is 29.3 Å². The van der Waals surface area contributed by atoms with Gasteiger partial charge in [0.15, 0.2) is 0 Å². The molecule has 0 aromatic heterocycles. The third-order valence-electron chi connectivity index (χ3n) is 4.07. The summed E-state index contributed by atoms with van der Waals surface area (Å²) in [6.45, 7) is 0. The molecule has 0 saturated carbocycles. The van der Waals surface area contributed by atoms with Crippen molar-refractivity contribution in [2.24, 2.45) is 0 Å². The Morgan fingerprint density at radius 1 is 0.920 bits per heavy atom. The number of anilines is 2. The maximum Gasteiger partial charge on any atom is 0.225 e. The van der Waals surface area contributed by atoms with E-state index in [1.54, 1.807) is 18.2 Å². The van der Waals surface area contributed by atoms with Crippen LogP contribution >= 0.6 is 11.6 Å². The second-order valence-corrected chi connectivity index (χ2v) is 6.27. The number of nitrogens with two attached hydrogens (primary N) is 1. The Kier molecular flexibility index (Phi) is 5.36. The van der Waals surface area contributed by atoms with E-state index < -0.39 is 0 Å². The number of hydrogen-bond acceptors (Lipinski definition) is 2. The highest BCUT2D eigenvalue weighted by Gasteiger charge is 2.18. The number of nitrogens with one attached hydrogen (secondary N) is 1. The Morgan fingerprint density at radius 2 is 1.48 bits per heavy atom. The van der Waals surface area contributed by atoms with Gasteiger partial charge in [-0.3, -0.25) is 4.79 Å². The van der Waals surface area contributed by atoms with Crippen molar-refractivity contribution < 1.29 is 4.79 Å². The van der Waals surface area contributed by atoms with Crippen LogP contribution in [0.25, 0.3) is 0 Å². The van der Waals surface area contributed by atoms with E-state index >= 15 is 0 Å². The minimum Gasteiger partial charge on any atom is -0.397 e. The number of carbonyl (C=O) groups excluding carboxylic acids is 1. The molecule has 3 nitrogen and oxygen atoms in total. The number of benzene rings is 3. The molecule has 0 aliphatic carbocycles. The molecule has 0 atom stereocenters. The van der Waals surface area contributed by atoms with Gasteiger partial charge in [0.1, 0.15) is 0 Å². The van der Waals surface area contributed by atoms with Gasteiger partial charge in [0.05, 0.1) is 10.7 Å². The first-order valence-corrected chi connectivity index (χ1v) is 8.46. The first kappa shape index (κ1) is 17.1. The summed E-state index contributed by atoms with van der Waals surface area (Å²) >= 11 is 5.92. The van der Waals surface area contributed by atoms with Gasteiger partial charge in [-0.25, -0.2) is 0 Å². The maximum atomic E-state index is 12.6. The van der Waals surface area contributed by atoms with Gasteiger partial charge in [-0.1, -0.05) is 72.3 Å². The molecule has 0 saturated heterocycles. The first-order valence-electron chi connectivity index (χ1n) is 8.08. The molecule has 0 spiro atoms. The van der Waals surface area contributed by atoms with Gasteiger partial charge in [0, 0.05) is 18.0 Å². The molecule has 1 amide bonds. The molecule has 3 N–H and O–H groups in total. The van der Waals surface area contributed by atoms with Crippen LogP contribution in [0.1, 0.15) is 23.5 Å². The minimum atomic E-state index is -0.0700. The molecule has 0 unspecified atom stereocenters. The normalized spacial score (nSPS) is 10.6. The highest BCUT2D eigenvalue weighted by atomic mass is 35.5. The van der Waals surface area contributed by atoms with Gasteiger partial charge < -0.3 is 11.1 Å². The number of nitrogen functional groups attached to an aromatic ring is 1. The lowest BCUT2D eigenvalue weighted by molar-refractivity contribution is -0.116. The van der Waals surface area contributed by atoms with E-state index in [2.05, 4.69) is 5.32 Å². The van der Waals surface area contributed by atoms with Crippen molar-refractivity contribution in [3.05, 3.63) is 95.0 Å². The summed E-state index contributed by atoms with van der Waals surface area (Å²) in [7, 11) is 0. The zero-order chi connectivity index (χ0) is 17.6. The van der Waals surface area contributed by atoms with Gasteiger partial charge in [-0.2, -0.15) is 0 Å². The zero-order valence-corrected chi connectivity index (χ0v) is 14.4. The van der Waals surface area contributed by atoms with E-state index in [0.717, 1.165) is 11.1 Å². The van der Waals surface area contributed by atoms with E-state index in [1.807, 2.05) is 60.7 Å². The average molecular weight is 351 g/mol. The van der Waals surface area contributed by atoms with Crippen molar-refractivity contribution in [1.82, 2.24) is 0 Å². The molecular formula is C21H19ClN2O. The number of rotatable bonds is 5. The molecule has 126 valence electrons. The predicted molar refractivity (Wildman–Crippen MR) is 104 cm³/mol. The summed E-state index contributed by atoms with van der Waals surface area (Å²) in [4.78, 5) is 12.6. The van der Waals surface area contributed by atoms with E-state index in [9.17, 15) is 4.79 Å². The third kappa shape index (κ3) is 4.40. The number of carbonyl (C=O) groups is 1. The summed E-state index contributed by atoms with van der Waals surface area (Å²) in [5, 5.41) is 3.38. The zero-order valence-electron chi connectivity index (χ0n) is 13.7. The van der Waals surface area contributed by atoms with Crippen molar-refractivity contribution in [1.29, 1.82) is 0 Å². The fourth-order valence-electron chi connectivity index (χ4n) is 2.82. The Balaban J connectivity index is 1.80. The van der Waals surface area contributed by atoms with Gasteiger partial charge in [0.2, 0.25) is 5.91 Å². The highest BCUT2D eigenvalue weighted by Crippen LogP contribution is 2.29. The molecule has 3 rings (SSSR count). The van der Waals surface area contributed by atoms with Crippen LogP contribution in [0.15, 0.2) is 78.9 Å². The van der Waals surface area contributed by atoms with Gasteiger partial charge in [0.25, 0.3) is 0 Å². The second kappa shape index (κ2) is 7.86. The lowest BCUT2D eigenvalue weighted by atomic mass is 9.88. The van der Waals surface area contributed by atoms with Gasteiger partial charge in [-0.15, -0.1) is 0 Å². The van der Waals surface area contributed by atoms with Crippen LogP contribution in [0.2, 0.25) is 5.02 Å². The quantitative estimate of drug-likeness (QED) is 0.630. The van der Waals surface area contributed by atoms with Crippen LogP contribution < -0.4 is 11.1 Å². The standard InChI is InChI=1S/C21H19ClN2O/c22-19-12-11-17(13-20(19)23)24-21(25)14-18(15-7-3-1-4-8-15)16-9-5-2-6-10-16/h1-13,18H,14,23H2,(H,24,25). The van der Waals surface area contributed by atoms with Crippen LogP contribution in [-0.2, 0) is 4.79 Å². The lowest BCUT2D eigenvalue weighted by Crippen LogP contribution is -2.16. The number of halogens is 1. The topological polar surface area (TPSA) is 55.1 Å². The summed E-state index contributed by atoms with van der Waals surface area (Å²) in [5.41, 5.74) is 9.11. The molecule has 0 radical (unpaired) electrons. The summed E-state index contributed by atoms with van der Waals surface area (Å²) in [6, 6.07) is 25.2. The molecule has 0 aliphatic heterocycles. The molecule has 0 heterocycles. The smallest absolute Gasteiger partial charge is 0.225 e. The lowest BCUT2D eigenvalue weighted by Gasteiger charge is -2.18. The monoisotopic (exact) mass is 350 g/mol. The largest absolute Gasteiger partial charge is 0.397 e. The van der Waals surface area contributed by atoms with Crippen LogP contribution in [-0.4, -0.2) is 5.91 Å². The maximum absolute atomic E-state index is 12.6. The summed E-state index contributed by atoms with van der Waals surface area (Å²) in [6.07, 6.45) is 0.344. The average Bonchev–Trinajstić information content (AvgIpc) is 2.64. The summed E-state index contributed by atoms with van der Waals surface area (Å²) < 4.78 is 0. The number of hydrogen-bond donors (Lipinski definition) is 2. The Hall–Kier alpha value is -2.78. The SMILES string of the molecule is Nc1cc(NC(=O)CC(c2ccccc2)c2ccccc2)ccc1Cl. The van der Waals surface area contributed by atoms with E-state index in [4.69, 9.17) is 17.3 Å². The second-order valence-electron chi connectivity index (χ2n) is 5.86. The fraction of sp³-hybridized carbons (Fsp3) is 0.0952. The molecule has 0 aliphatic rings. The molecule has 3 aromatic carbocycles. The van der Waals surface area contributed by atoms with Crippen LogP contribution in [0, 0.1) is 0 Å². The van der Waals surface area contributed by atoms with Crippen LogP contribution in [0.3, 0.4) is 0 Å². The Morgan fingerprint density at radius 3 is 2.00 bits per heavy atom. The van der Waals surface area contributed by atoms with Crippen molar-refractivity contribution >= 4 is 28.9 Å². The van der Waals surface area contributed by atoms with Crippen molar-refractivity contribution in [3.8, 4) is 0 Å². The van der Waals surface area contributed by atoms with Crippen LogP contribution in [0.5, 0.6) is 0 Å². The number of amides is 1. The first-order chi connectivity index (χ1) is 12.1. The highest BCUT2D eigenvalue weighted by molar-refractivity contribution is 6.33. The fourth-order valence-corrected chi connectivity index (χ4v) is 2.94. The molecule has 0 fully saturated rings. The molecule has 3 aromatic rings. The van der Waals surface area contributed by atoms with E-state index in [1.165, 1.54) is 0 Å². The van der Waals surface area contributed by atoms with Crippen LogP contribution in [0.4, 0.5) is 11.4 Å². The van der Waals surface area contributed by atoms with Crippen molar-refractivity contribution in [2.45, 2.75) is 12.3 Å². The van der Waals surface area contributed by atoms with E-state index in [0.29, 0.717) is 22.8 Å². The Labute approximate surface area is 152 Å². The van der Waals surface area contributed by atoms with Crippen molar-refractivity contribution in [2.75, 3.05) is 11.1 Å². The predicted octanol–water partition coefficient (Wildman–Crippen LogP) is 5.08. The van der Waals surface area contributed by atoms with E-state index in [-0.39, 0.29) is 11.8 Å². The van der Waals surface area contributed by atoms with Gasteiger partial charge >= 0.3 is 0 Å². The molecule has 25 heavy (non-hydrogen) atoms. The molecular weight excluding hydrogens is 332 g/mol. The molecule has 4 heteroatoms. The molecule has 0 bridgehead atoms. The minimum absolute atomic E-state index is 0.00736. The Bertz CT molecular complexity index is 811. The summed E-state index contributed by atoms with van der Waals surface area (Å²) in [5.74, 6) is -0.0773.